The Bertz CT molecular complexity index is 524. The Kier molecular flexibility index (Phi) is 4.42. The van der Waals surface area contributed by atoms with E-state index >= 15 is 0 Å². The van der Waals surface area contributed by atoms with Crippen LogP contribution in [0.5, 0.6) is 0 Å². The standard InChI is InChI=1S/C16H21NO3/c1-11-4-3-6-17(7-5-11)15(18)13-8-12(2)9-14(10-13)16(19)20/h8-11H,3-7H2,1-2H3,(H,19,20). The number of likely N-dealkylation sites (tertiary alicyclic amines) is 1. The minimum atomic E-state index is -0.993. The van der Waals surface area contributed by atoms with Gasteiger partial charge in [-0.25, -0.2) is 4.79 Å². The monoisotopic (exact) mass is 275 g/mol. The molecule has 1 aliphatic heterocycles. The van der Waals surface area contributed by atoms with Gasteiger partial charge in [-0.3, -0.25) is 4.79 Å². The van der Waals surface area contributed by atoms with Crippen LogP contribution in [0.25, 0.3) is 0 Å². The Balaban J connectivity index is 2.22. The molecule has 1 unspecified atom stereocenters. The molecule has 1 aromatic rings. The normalized spacial score (nSPS) is 19.5. The number of nitrogens with zero attached hydrogens (tertiary/aromatic N) is 1. The number of benzene rings is 1. The molecule has 0 aliphatic carbocycles. The lowest BCUT2D eigenvalue weighted by Gasteiger charge is -2.21. The summed E-state index contributed by atoms with van der Waals surface area (Å²) in [4.78, 5) is 25.4. The number of carbonyl (C=O) groups is 2. The number of rotatable bonds is 2. The zero-order valence-corrected chi connectivity index (χ0v) is 12.1. The topological polar surface area (TPSA) is 57.6 Å². The fraction of sp³-hybridized carbons (Fsp3) is 0.500. The Hall–Kier alpha value is -1.84. The first-order chi connectivity index (χ1) is 9.47. The molecule has 1 aromatic carbocycles. The summed E-state index contributed by atoms with van der Waals surface area (Å²) in [5, 5.41) is 9.08. The van der Waals surface area contributed by atoms with E-state index in [2.05, 4.69) is 6.92 Å². The van der Waals surface area contributed by atoms with E-state index in [9.17, 15) is 9.59 Å². The highest BCUT2D eigenvalue weighted by Crippen LogP contribution is 2.19. The van der Waals surface area contributed by atoms with Crippen LogP contribution in [0.15, 0.2) is 18.2 Å². The first kappa shape index (κ1) is 14.6. The third-order valence-electron chi connectivity index (χ3n) is 3.88. The second-order valence-corrected chi connectivity index (χ2v) is 5.72. The number of amides is 1. The van der Waals surface area contributed by atoms with Gasteiger partial charge in [-0.05, 0) is 55.9 Å². The number of aryl methyl sites for hydroxylation is 1. The predicted molar refractivity (Wildman–Crippen MR) is 77.1 cm³/mol. The van der Waals surface area contributed by atoms with Crippen molar-refractivity contribution < 1.29 is 14.7 Å². The van der Waals surface area contributed by atoms with Crippen LogP contribution < -0.4 is 0 Å². The number of carboxylic acids is 1. The first-order valence-corrected chi connectivity index (χ1v) is 7.11. The van der Waals surface area contributed by atoms with Gasteiger partial charge in [0.2, 0.25) is 0 Å². The van der Waals surface area contributed by atoms with Crippen molar-refractivity contribution in [2.75, 3.05) is 13.1 Å². The fourth-order valence-corrected chi connectivity index (χ4v) is 2.68. The quantitative estimate of drug-likeness (QED) is 0.902. The van der Waals surface area contributed by atoms with E-state index in [4.69, 9.17) is 5.11 Å². The minimum Gasteiger partial charge on any atom is -0.478 e. The summed E-state index contributed by atoms with van der Waals surface area (Å²) in [5.74, 6) is -0.391. The van der Waals surface area contributed by atoms with Crippen molar-refractivity contribution in [3.8, 4) is 0 Å². The summed E-state index contributed by atoms with van der Waals surface area (Å²) in [5.41, 5.74) is 1.46. The van der Waals surface area contributed by atoms with Crippen molar-refractivity contribution in [2.24, 2.45) is 5.92 Å². The van der Waals surface area contributed by atoms with Crippen LogP contribution in [0.4, 0.5) is 0 Å². The van der Waals surface area contributed by atoms with E-state index in [0.29, 0.717) is 11.5 Å². The van der Waals surface area contributed by atoms with Gasteiger partial charge >= 0.3 is 5.97 Å². The number of carboxylic acid groups (broad SMARTS) is 1. The molecule has 0 radical (unpaired) electrons. The van der Waals surface area contributed by atoms with Crippen LogP contribution in [-0.2, 0) is 0 Å². The molecular formula is C16H21NO3. The van der Waals surface area contributed by atoms with Gasteiger partial charge in [-0.2, -0.15) is 0 Å². The van der Waals surface area contributed by atoms with Crippen molar-refractivity contribution in [2.45, 2.75) is 33.1 Å². The van der Waals surface area contributed by atoms with Crippen LogP contribution in [0, 0.1) is 12.8 Å². The molecule has 0 spiro atoms. The van der Waals surface area contributed by atoms with Gasteiger partial charge < -0.3 is 10.0 Å². The molecule has 2 rings (SSSR count). The van der Waals surface area contributed by atoms with Gasteiger partial charge in [0.05, 0.1) is 5.56 Å². The minimum absolute atomic E-state index is 0.0506. The Labute approximate surface area is 119 Å². The Morgan fingerprint density at radius 2 is 1.85 bits per heavy atom. The summed E-state index contributed by atoms with van der Waals surface area (Å²) in [6.07, 6.45) is 3.19. The third kappa shape index (κ3) is 3.38. The van der Waals surface area contributed by atoms with Crippen molar-refractivity contribution in [1.29, 1.82) is 0 Å². The summed E-state index contributed by atoms with van der Waals surface area (Å²) in [6.45, 7) is 5.55. The number of aromatic carboxylic acids is 1. The number of carbonyl (C=O) groups excluding carboxylic acids is 1. The SMILES string of the molecule is Cc1cc(C(=O)O)cc(C(=O)N2CCCC(C)CC2)c1. The molecule has 1 saturated heterocycles. The van der Waals surface area contributed by atoms with Crippen molar-refractivity contribution in [1.82, 2.24) is 4.90 Å². The predicted octanol–water partition coefficient (Wildman–Crippen LogP) is 2.96. The third-order valence-corrected chi connectivity index (χ3v) is 3.88. The smallest absolute Gasteiger partial charge is 0.335 e. The van der Waals surface area contributed by atoms with Crippen molar-refractivity contribution >= 4 is 11.9 Å². The zero-order chi connectivity index (χ0) is 14.7. The second kappa shape index (κ2) is 6.07. The molecule has 1 aliphatic rings. The Morgan fingerprint density at radius 3 is 2.55 bits per heavy atom. The molecular weight excluding hydrogens is 254 g/mol. The molecule has 1 N–H and O–H groups in total. The molecule has 20 heavy (non-hydrogen) atoms. The van der Waals surface area contributed by atoms with E-state index in [1.54, 1.807) is 12.1 Å². The zero-order valence-electron chi connectivity index (χ0n) is 12.1. The fourth-order valence-electron chi connectivity index (χ4n) is 2.68. The van der Waals surface area contributed by atoms with Gasteiger partial charge in [0, 0.05) is 18.7 Å². The lowest BCUT2D eigenvalue weighted by molar-refractivity contribution is 0.0696. The van der Waals surface area contributed by atoms with Gasteiger partial charge in [0.15, 0.2) is 0 Å². The second-order valence-electron chi connectivity index (χ2n) is 5.72. The molecule has 1 heterocycles. The maximum Gasteiger partial charge on any atom is 0.335 e. The Morgan fingerprint density at radius 1 is 1.15 bits per heavy atom. The average Bonchev–Trinajstić information content (AvgIpc) is 2.62. The van der Waals surface area contributed by atoms with Crippen LogP contribution in [0.3, 0.4) is 0 Å². The van der Waals surface area contributed by atoms with E-state index < -0.39 is 5.97 Å². The summed E-state index contributed by atoms with van der Waals surface area (Å²) < 4.78 is 0. The lowest BCUT2D eigenvalue weighted by atomic mass is 10.0. The van der Waals surface area contributed by atoms with E-state index in [1.807, 2.05) is 11.8 Å². The van der Waals surface area contributed by atoms with Crippen molar-refractivity contribution in [3.05, 3.63) is 34.9 Å². The molecule has 0 saturated carbocycles. The highest BCUT2D eigenvalue weighted by Gasteiger charge is 2.20. The molecule has 0 bridgehead atoms. The van der Waals surface area contributed by atoms with Gasteiger partial charge in [-0.15, -0.1) is 0 Å². The molecule has 1 atom stereocenters. The van der Waals surface area contributed by atoms with Gasteiger partial charge in [0.1, 0.15) is 0 Å². The van der Waals surface area contributed by atoms with Gasteiger partial charge in [-0.1, -0.05) is 6.92 Å². The molecule has 4 heteroatoms. The summed E-state index contributed by atoms with van der Waals surface area (Å²) in [6, 6.07) is 4.83. The molecule has 108 valence electrons. The van der Waals surface area contributed by atoms with E-state index in [0.717, 1.165) is 37.9 Å². The molecule has 1 amide bonds. The highest BCUT2D eigenvalue weighted by atomic mass is 16.4. The maximum atomic E-state index is 12.5. The maximum absolute atomic E-state index is 12.5. The van der Waals surface area contributed by atoms with Crippen LogP contribution in [-0.4, -0.2) is 35.0 Å². The molecule has 1 fully saturated rings. The van der Waals surface area contributed by atoms with Crippen LogP contribution in [0.1, 0.15) is 52.5 Å². The largest absolute Gasteiger partial charge is 0.478 e. The summed E-state index contributed by atoms with van der Waals surface area (Å²) in [7, 11) is 0. The van der Waals surface area contributed by atoms with E-state index in [-0.39, 0.29) is 11.5 Å². The number of hydrogen-bond acceptors (Lipinski definition) is 2. The lowest BCUT2D eigenvalue weighted by Crippen LogP contribution is -2.32. The highest BCUT2D eigenvalue weighted by molar-refractivity contribution is 5.97. The van der Waals surface area contributed by atoms with Crippen molar-refractivity contribution in [3.63, 3.8) is 0 Å². The first-order valence-electron chi connectivity index (χ1n) is 7.11. The number of hydrogen-bond donors (Lipinski definition) is 1. The van der Waals surface area contributed by atoms with E-state index in [1.165, 1.54) is 6.07 Å². The van der Waals surface area contributed by atoms with Gasteiger partial charge in [0.25, 0.3) is 5.91 Å². The molecule has 0 aromatic heterocycles. The van der Waals surface area contributed by atoms with Crippen LogP contribution in [0.2, 0.25) is 0 Å². The van der Waals surface area contributed by atoms with Crippen LogP contribution >= 0.6 is 0 Å². The molecule has 4 nitrogen and oxygen atoms in total. The average molecular weight is 275 g/mol. The summed E-state index contributed by atoms with van der Waals surface area (Å²) >= 11 is 0.